The van der Waals surface area contributed by atoms with Gasteiger partial charge in [0.1, 0.15) is 5.71 Å². The molecule has 2 aromatic carbocycles. The monoisotopic (exact) mass is 444 g/mol. The molecule has 0 aliphatic carbocycles. The molecule has 1 aliphatic rings. The number of nitrogens with zero attached hydrogens (tertiary/aromatic N) is 5. The maximum absolute atomic E-state index is 13.3. The van der Waals surface area contributed by atoms with Gasteiger partial charge in [0.25, 0.3) is 0 Å². The van der Waals surface area contributed by atoms with Crippen LogP contribution in [0.15, 0.2) is 81.8 Å². The summed E-state index contributed by atoms with van der Waals surface area (Å²) < 4.78 is 0. The summed E-state index contributed by atoms with van der Waals surface area (Å²) in [6.07, 6.45) is 1.67. The van der Waals surface area contributed by atoms with E-state index in [-0.39, 0.29) is 11.6 Å². The average molecular weight is 445 g/mol. The predicted molar refractivity (Wildman–Crippen MR) is 126 cm³/mol. The number of anilines is 2. The van der Waals surface area contributed by atoms with Gasteiger partial charge in [0, 0.05) is 28.1 Å². The van der Waals surface area contributed by atoms with Crippen molar-refractivity contribution in [3.05, 3.63) is 82.7 Å². The predicted octanol–water partition coefficient (Wildman–Crippen LogP) is 4.79. The first-order valence-electron chi connectivity index (χ1n) is 9.43. The Morgan fingerprint density at radius 1 is 1.00 bits per heavy atom. The summed E-state index contributed by atoms with van der Waals surface area (Å²) in [5.41, 5.74) is 7.28. The number of aryl methyl sites for hydroxylation is 1. The highest BCUT2D eigenvalue weighted by Gasteiger charge is 2.35. The molecule has 9 heteroatoms. The largest absolute Gasteiger partial charge is 0.303 e. The summed E-state index contributed by atoms with van der Waals surface area (Å²) in [5.74, 6) is -0.339. The quantitative estimate of drug-likeness (QED) is 0.449. The van der Waals surface area contributed by atoms with Crippen molar-refractivity contribution in [2.45, 2.75) is 6.92 Å². The maximum atomic E-state index is 13.3. The molecular weight excluding hydrogens is 428 g/mol. The van der Waals surface area contributed by atoms with Crippen LogP contribution in [0.4, 0.5) is 10.3 Å². The Bertz CT molecular complexity index is 1280. The minimum Gasteiger partial charge on any atom is -0.265 e. The molecular formula is C22H16N6OS2. The molecule has 2 aromatic heterocycles. The molecule has 0 unspecified atom stereocenters. The molecule has 7 nitrogen and oxygen atoms in total. The first-order chi connectivity index (χ1) is 15.2. The van der Waals surface area contributed by atoms with Crippen LogP contribution < -0.4 is 10.4 Å². The highest BCUT2D eigenvalue weighted by Crippen LogP contribution is 2.30. The van der Waals surface area contributed by atoms with E-state index in [0.29, 0.717) is 16.0 Å². The van der Waals surface area contributed by atoms with E-state index < -0.39 is 0 Å². The smallest absolute Gasteiger partial charge is 0.265 e. The lowest BCUT2D eigenvalue weighted by molar-refractivity contribution is -0.112. The van der Waals surface area contributed by atoms with E-state index in [9.17, 15) is 4.79 Å². The molecule has 0 atom stereocenters. The number of carbonyl (C=O) groups excluding carboxylic acids is 1. The third-order valence-corrected chi connectivity index (χ3v) is 6.08. The van der Waals surface area contributed by atoms with E-state index in [1.165, 1.54) is 27.7 Å². The van der Waals surface area contributed by atoms with Gasteiger partial charge >= 0.3 is 5.91 Å². The SMILES string of the molecule is Cc1ccc(C2=NN(c3nc(-c4ccccc4)cs3)C(=O)/C2=N\Nc2nccs2)cc1. The van der Waals surface area contributed by atoms with E-state index in [4.69, 9.17) is 0 Å². The van der Waals surface area contributed by atoms with Crippen molar-refractivity contribution < 1.29 is 4.79 Å². The first-order valence-corrected chi connectivity index (χ1v) is 11.2. The van der Waals surface area contributed by atoms with Crippen molar-refractivity contribution in [2.24, 2.45) is 10.2 Å². The van der Waals surface area contributed by atoms with Crippen LogP contribution in [-0.4, -0.2) is 27.3 Å². The second-order valence-corrected chi connectivity index (χ2v) is 8.45. The lowest BCUT2D eigenvalue weighted by atomic mass is 10.0. The second-order valence-electron chi connectivity index (χ2n) is 6.72. The van der Waals surface area contributed by atoms with Crippen molar-refractivity contribution in [1.82, 2.24) is 9.97 Å². The summed E-state index contributed by atoms with van der Waals surface area (Å²) in [4.78, 5) is 22.0. The number of hydrogen-bond donors (Lipinski definition) is 1. The first kappa shape index (κ1) is 19.3. The van der Waals surface area contributed by atoms with Crippen LogP contribution in [0.1, 0.15) is 11.1 Å². The second kappa shape index (κ2) is 8.21. The van der Waals surface area contributed by atoms with E-state index in [1.807, 2.05) is 72.3 Å². The van der Waals surface area contributed by atoms with Crippen molar-refractivity contribution in [1.29, 1.82) is 0 Å². The van der Waals surface area contributed by atoms with Gasteiger partial charge in [-0.3, -0.25) is 10.2 Å². The Balaban J connectivity index is 1.52. The average Bonchev–Trinajstić information content (AvgIpc) is 3.54. The molecule has 0 saturated carbocycles. The van der Waals surface area contributed by atoms with Crippen molar-refractivity contribution >= 4 is 50.3 Å². The van der Waals surface area contributed by atoms with Crippen LogP contribution >= 0.6 is 22.7 Å². The fraction of sp³-hybridized carbons (Fsp3) is 0.0455. The molecule has 152 valence electrons. The number of aromatic nitrogens is 2. The van der Waals surface area contributed by atoms with Crippen LogP contribution in [0.2, 0.25) is 0 Å². The van der Waals surface area contributed by atoms with Crippen LogP contribution in [0.3, 0.4) is 0 Å². The van der Waals surface area contributed by atoms with Gasteiger partial charge in [-0.25, -0.2) is 9.97 Å². The topological polar surface area (TPSA) is 82.8 Å². The van der Waals surface area contributed by atoms with Gasteiger partial charge in [-0.05, 0) is 6.92 Å². The summed E-state index contributed by atoms with van der Waals surface area (Å²) in [5, 5.41) is 15.1. The van der Waals surface area contributed by atoms with Gasteiger partial charge in [-0.2, -0.15) is 15.2 Å². The molecule has 5 rings (SSSR count). The zero-order chi connectivity index (χ0) is 21.2. The summed E-state index contributed by atoms with van der Waals surface area (Å²) in [6, 6.07) is 17.7. The number of rotatable bonds is 5. The van der Waals surface area contributed by atoms with Crippen molar-refractivity contribution in [2.75, 3.05) is 10.4 Å². The van der Waals surface area contributed by atoms with Crippen molar-refractivity contribution in [3.8, 4) is 11.3 Å². The summed E-state index contributed by atoms with van der Waals surface area (Å²) >= 11 is 2.76. The van der Waals surface area contributed by atoms with Gasteiger partial charge < -0.3 is 0 Å². The number of thiazole rings is 2. The minimum atomic E-state index is -0.339. The Kier molecular flexibility index (Phi) is 5.11. The van der Waals surface area contributed by atoms with Crippen LogP contribution in [0.5, 0.6) is 0 Å². The van der Waals surface area contributed by atoms with Crippen molar-refractivity contribution in [3.63, 3.8) is 0 Å². The standard InChI is InChI=1S/C22H16N6OS2/c1-14-7-9-16(10-8-14)18-19(25-26-21-23-11-12-30-21)20(29)28(27-18)22-24-17(13-31-22)15-5-3-2-4-6-15/h2-13H,1H3,(H,23,26)/b25-19-. The Morgan fingerprint density at radius 3 is 2.55 bits per heavy atom. The lowest BCUT2D eigenvalue weighted by Gasteiger charge is -2.06. The highest BCUT2D eigenvalue weighted by molar-refractivity contribution is 7.14. The van der Waals surface area contributed by atoms with E-state index in [2.05, 4.69) is 25.6 Å². The molecule has 0 saturated heterocycles. The van der Waals surface area contributed by atoms with Crippen LogP contribution in [0, 0.1) is 6.92 Å². The Hall–Kier alpha value is -3.69. The van der Waals surface area contributed by atoms with Gasteiger partial charge in [-0.1, -0.05) is 60.2 Å². The molecule has 0 bridgehead atoms. The summed E-state index contributed by atoms with van der Waals surface area (Å²) in [6.45, 7) is 2.01. The molecule has 31 heavy (non-hydrogen) atoms. The molecule has 0 fully saturated rings. The molecule has 1 N–H and O–H groups in total. The van der Waals surface area contributed by atoms with Gasteiger partial charge in [0.05, 0.1) is 5.69 Å². The minimum absolute atomic E-state index is 0.218. The number of nitrogens with one attached hydrogen (secondary N) is 1. The third-order valence-electron chi connectivity index (χ3n) is 4.58. The fourth-order valence-corrected chi connectivity index (χ4v) is 4.27. The summed E-state index contributed by atoms with van der Waals surface area (Å²) in [7, 11) is 0. The highest BCUT2D eigenvalue weighted by atomic mass is 32.1. The van der Waals surface area contributed by atoms with Gasteiger partial charge in [0.15, 0.2) is 5.71 Å². The van der Waals surface area contributed by atoms with Crippen LogP contribution in [-0.2, 0) is 4.79 Å². The normalized spacial score (nSPS) is 14.9. The lowest BCUT2D eigenvalue weighted by Crippen LogP contribution is -2.28. The number of hydrazone groups is 2. The van der Waals surface area contributed by atoms with Gasteiger partial charge in [0.2, 0.25) is 10.3 Å². The van der Waals surface area contributed by atoms with E-state index >= 15 is 0 Å². The zero-order valence-corrected chi connectivity index (χ0v) is 18.0. The number of benzene rings is 2. The molecule has 0 spiro atoms. The number of hydrogen-bond acceptors (Lipinski definition) is 8. The molecule has 4 aromatic rings. The maximum Gasteiger partial charge on any atom is 0.303 e. The molecule has 3 heterocycles. The Labute approximate surface area is 186 Å². The fourth-order valence-electron chi connectivity index (χ4n) is 3.02. The zero-order valence-electron chi connectivity index (χ0n) is 16.4. The number of carbonyl (C=O) groups is 1. The number of amides is 1. The third kappa shape index (κ3) is 3.88. The van der Waals surface area contributed by atoms with Crippen LogP contribution in [0.25, 0.3) is 11.3 Å². The van der Waals surface area contributed by atoms with E-state index in [1.54, 1.807) is 6.20 Å². The Morgan fingerprint density at radius 2 is 1.81 bits per heavy atom. The van der Waals surface area contributed by atoms with E-state index in [0.717, 1.165) is 22.4 Å². The van der Waals surface area contributed by atoms with Gasteiger partial charge in [-0.15, -0.1) is 22.7 Å². The molecule has 0 radical (unpaired) electrons. The molecule has 1 amide bonds. The molecule has 1 aliphatic heterocycles.